The molecule has 23 heavy (non-hydrogen) atoms. The first kappa shape index (κ1) is 17.0. The maximum absolute atomic E-state index is 11.8. The monoisotopic (exact) mass is 314 g/mol. The van der Waals surface area contributed by atoms with Crippen LogP contribution in [0.15, 0.2) is 54.6 Å². The zero-order valence-electron chi connectivity index (χ0n) is 13.7. The lowest BCUT2D eigenvalue weighted by Gasteiger charge is -2.18. The molecule has 0 spiro atoms. The Kier molecular flexibility index (Phi) is 6.18. The molecule has 0 heterocycles. The maximum Gasteiger partial charge on any atom is 0.335 e. The first-order chi connectivity index (χ1) is 11.1. The third-order valence-corrected chi connectivity index (χ3v) is 3.20. The molecule has 0 radical (unpaired) electrons. The smallest absolute Gasteiger partial charge is 0.335 e. The molecule has 0 unspecified atom stereocenters. The van der Waals surface area contributed by atoms with Crippen molar-refractivity contribution in [2.24, 2.45) is 0 Å². The van der Waals surface area contributed by atoms with Crippen LogP contribution >= 0.6 is 0 Å². The van der Waals surface area contributed by atoms with Gasteiger partial charge in [0.05, 0.1) is 13.2 Å². The summed E-state index contributed by atoms with van der Waals surface area (Å²) in [5.41, 5.74) is 0.953. The van der Waals surface area contributed by atoms with Crippen molar-refractivity contribution in [1.82, 2.24) is 0 Å². The van der Waals surface area contributed by atoms with E-state index in [1.54, 1.807) is 0 Å². The maximum atomic E-state index is 11.8. The summed E-state index contributed by atoms with van der Waals surface area (Å²) < 4.78 is 16.3. The number of hydrogen-bond acceptors (Lipinski definition) is 4. The molecule has 122 valence electrons. The lowest BCUT2D eigenvalue weighted by atomic mass is 10.1. The van der Waals surface area contributed by atoms with Gasteiger partial charge in [-0.05, 0) is 43.7 Å². The van der Waals surface area contributed by atoms with Crippen molar-refractivity contribution >= 4 is 5.97 Å². The molecular formula is C19H22O4. The lowest BCUT2D eigenvalue weighted by molar-refractivity contribution is -0.156. The molecule has 0 aliphatic heterocycles. The largest absolute Gasteiger partial charge is 0.467 e. The molecule has 0 fully saturated rings. The molecule has 0 saturated heterocycles. The van der Waals surface area contributed by atoms with Crippen LogP contribution in [-0.2, 0) is 20.7 Å². The zero-order valence-corrected chi connectivity index (χ0v) is 13.7. The minimum atomic E-state index is -0.619. The number of methoxy groups -OCH3 is 1. The summed E-state index contributed by atoms with van der Waals surface area (Å²) in [5.74, 6) is 1.13. The van der Waals surface area contributed by atoms with E-state index in [0.29, 0.717) is 6.42 Å². The van der Waals surface area contributed by atoms with Crippen molar-refractivity contribution < 1.29 is 19.0 Å². The fraction of sp³-hybridized carbons (Fsp3) is 0.316. The van der Waals surface area contributed by atoms with Crippen LogP contribution in [0.3, 0.4) is 0 Å². The molecule has 1 atom stereocenters. The van der Waals surface area contributed by atoms with Gasteiger partial charge in [-0.2, -0.15) is 0 Å². The van der Waals surface area contributed by atoms with E-state index < -0.39 is 6.10 Å². The molecule has 0 amide bonds. The van der Waals surface area contributed by atoms with E-state index in [1.165, 1.54) is 7.11 Å². The molecule has 0 N–H and O–H groups in total. The van der Waals surface area contributed by atoms with Crippen LogP contribution in [-0.4, -0.2) is 25.3 Å². The summed E-state index contributed by atoms with van der Waals surface area (Å²) in [5, 5.41) is 0. The van der Waals surface area contributed by atoms with Crippen molar-refractivity contribution in [2.75, 3.05) is 7.11 Å². The molecule has 2 aromatic carbocycles. The highest BCUT2D eigenvalue weighted by Gasteiger charge is 2.21. The van der Waals surface area contributed by atoms with Gasteiger partial charge in [0.2, 0.25) is 0 Å². The van der Waals surface area contributed by atoms with E-state index >= 15 is 0 Å². The van der Waals surface area contributed by atoms with Gasteiger partial charge in [0.25, 0.3) is 0 Å². The number of rotatable bonds is 7. The zero-order chi connectivity index (χ0) is 16.7. The van der Waals surface area contributed by atoms with Crippen LogP contribution in [0.4, 0.5) is 0 Å². The van der Waals surface area contributed by atoms with E-state index in [2.05, 4.69) is 0 Å². The fourth-order valence-electron chi connectivity index (χ4n) is 2.22. The second kappa shape index (κ2) is 8.34. The number of carbonyl (C=O) groups is 1. The van der Waals surface area contributed by atoms with Gasteiger partial charge in [-0.25, -0.2) is 4.79 Å². The van der Waals surface area contributed by atoms with Crippen molar-refractivity contribution in [2.45, 2.75) is 32.5 Å². The Labute approximate surface area is 137 Å². The Bertz CT molecular complexity index is 622. The summed E-state index contributed by atoms with van der Waals surface area (Å²) in [6.07, 6.45) is -0.230. The van der Waals surface area contributed by atoms with Gasteiger partial charge in [0.1, 0.15) is 11.5 Å². The quantitative estimate of drug-likeness (QED) is 0.725. The van der Waals surface area contributed by atoms with Gasteiger partial charge in [0, 0.05) is 6.42 Å². The predicted molar refractivity (Wildman–Crippen MR) is 88.7 cm³/mol. The molecular weight excluding hydrogens is 292 g/mol. The lowest BCUT2D eigenvalue weighted by Crippen LogP contribution is -2.30. The molecule has 2 aromatic rings. The Morgan fingerprint density at radius 1 is 1.00 bits per heavy atom. The highest BCUT2D eigenvalue weighted by atomic mass is 16.6. The Hall–Kier alpha value is -2.33. The first-order valence-electron chi connectivity index (χ1n) is 7.63. The highest BCUT2D eigenvalue weighted by Crippen LogP contribution is 2.23. The molecule has 0 aliphatic carbocycles. The number of esters is 1. The summed E-state index contributed by atoms with van der Waals surface area (Å²) in [4.78, 5) is 11.8. The van der Waals surface area contributed by atoms with Crippen LogP contribution < -0.4 is 4.74 Å². The van der Waals surface area contributed by atoms with E-state index in [1.807, 2.05) is 68.4 Å². The average molecular weight is 314 g/mol. The molecule has 2 rings (SSSR count). The number of hydrogen-bond donors (Lipinski definition) is 0. The molecule has 0 bridgehead atoms. The Balaban J connectivity index is 2.10. The minimum absolute atomic E-state index is 0.0529. The standard InChI is InChI=1S/C19H22O4/c1-14(2)22-18(19(20)21-3)13-15-8-7-11-17(12-15)23-16-9-5-4-6-10-16/h4-12,14,18H,13H2,1-3H3/t18-/m0/s1. The third kappa shape index (κ3) is 5.42. The number of benzene rings is 2. The second-order valence-corrected chi connectivity index (χ2v) is 5.46. The molecule has 0 saturated carbocycles. The highest BCUT2D eigenvalue weighted by molar-refractivity contribution is 5.75. The van der Waals surface area contributed by atoms with Gasteiger partial charge < -0.3 is 14.2 Å². The van der Waals surface area contributed by atoms with Gasteiger partial charge in [-0.3, -0.25) is 0 Å². The summed E-state index contributed by atoms with van der Waals surface area (Å²) in [7, 11) is 1.37. The van der Waals surface area contributed by atoms with Gasteiger partial charge in [-0.15, -0.1) is 0 Å². The van der Waals surface area contributed by atoms with Crippen LogP contribution in [0.5, 0.6) is 11.5 Å². The van der Waals surface area contributed by atoms with Crippen molar-refractivity contribution in [3.8, 4) is 11.5 Å². The van der Waals surface area contributed by atoms with E-state index in [-0.39, 0.29) is 12.1 Å². The third-order valence-electron chi connectivity index (χ3n) is 3.20. The van der Waals surface area contributed by atoms with E-state index in [0.717, 1.165) is 17.1 Å². The van der Waals surface area contributed by atoms with Crippen molar-refractivity contribution in [3.63, 3.8) is 0 Å². The predicted octanol–water partition coefficient (Wildman–Crippen LogP) is 3.99. The summed E-state index contributed by atoms with van der Waals surface area (Å²) >= 11 is 0. The fourth-order valence-corrected chi connectivity index (χ4v) is 2.22. The number of para-hydroxylation sites is 1. The van der Waals surface area contributed by atoms with Crippen LogP contribution in [0.2, 0.25) is 0 Å². The van der Waals surface area contributed by atoms with Crippen molar-refractivity contribution in [3.05, 3.63) is 60.2 Å². The molecule has 4 nitrogen and oxygen atoms in total. The van der Waals surface area contributed by atoms with Gasteiger partial charge in [0.15, 0.2) is 6.10 Å². The molecule has 4 heteroatoms. The first-order valence-corrected chi connectivity index (χ1v) is 7.63. The van der Waals surface area contributed by atoms with Gasteiger partial charge >= 0.3 is 5.97 Å². The average Bonchev–Trinajstić information content (AvgIpc) is 2.54. The van der Waals surface area contributed by atoms with Gasteiger partial charge in [-0.1, -0.05) is 30.3 Å². The van der Waals surface area contributed by atoms with Crippen LogP contribution in [0.1, 0.15) is 19.4 Å². The second-order valence-electron chi connectivity index (χ2n) is 5.46. The van der Waals surface area contributed by atoms with E-state index in [9.17, 15) is 4.79 Å². The number of carbonyl (C=O) groups excluding carboxylic acids is 1. The topological polar surface area (TPSA) is 44.8 Å². The minimum Gasteiger partial charge on any atom is -0.467 e. The van der Waals surface area contributed by atoms with Crippen LogP contribution in [0.25, 0.3) is 0 Å². The Morgan fingerprint density at radius 3 is 2.35 bits per heavy atom. The summed E-state index contributed by atoms with van der Waals surface area (Å²) in [6.45, 7) is 3.79. The number of ether oxygens (including phenoxy) is 3. The summed E-state index contributed by atoms with van der Waals surface area (Å²) in [6, 6.07) is 17.2. The SMILES string of the molecule is COC(=O)[C@H](Cc1cccc(Oc2ccccc2)c1)OC(C)C. The normalized spacial score (nSPS) is 12.0. The Morgan fingerprint density at radius 2 is 1.70 bits per heavy atom. The van der Waals surface area contributed by atoms with Crippen molar-refractivity contribution in [1.29, 1.82) is 0 Å². The van der Waals surface area contributed by atoms with Crippen LogP contribution in [0, 0.1) is 0 Å². The molecule has 0 aliphatic rings. The molecule has 0 aromatic heterocycles. The van der Waals surface area contributed by atoms with E-state index in [4.69, 9.17) is 14.2 Å².